The van der Waals surface area contributed by atoms with Gasteiger partial charge in [-0.2, -0.15) is 0 Å². The van der Waals surface area contributed by atoms with Crippen LogP contribution >= 0.6 is 71.0 Å². The van der Waals surface area contributed by atoms with Gasteiger partial charge in [0.1, 0.15) is 0 Å². The van der Waals surface area contributed by atoms with Crippen LogP contribution in [0, 0.1) is 0 Å². The van der Waals surface area contributed by atoms with Gasteiger partial charge in [0.15, 0.2) is 0 Å². The zero-order chi connectivity index (χ0) is 9.28. The van der Waals surface area contributed by atoms with Crippen LogP contribution in [0.3, 0.4) is 0 Å². The van der Waals surface area contributed by atoms with Crippen LogP contribution in [0.4, 0.5) is 0 Å². The first kappa shape index (κ1) is 15.5. The second-order valence-electron chi connectivity index (χ2n) is 1.67. The van der Waals surface area contributed by atoms with Crippen LogP contribution in [0.15, 0.2) is 0 Å². The SMILES string of the molecule is CCC(Cl)Br.ClC(Br)CCBr. The van der Waals surface area contributed by atoms with E-state index in [1.807, 2.05) is 6.92 Å². The third kappa shape index (κ3) is 24.5. The highest BCUT2D eigenvalue weighted by Gasteiger charge is 1.91. The van der Waals surface area contributed by atoms with E-state index in [1.165, 1.54) is 0 Å². The quantitative estimate of drug-likeness (QED) is 0.586. The molecule has 0 aromatic carbocycles. The Morgan fingerprint density at radius 2 is 1.55 bits per heavy atom. The van der Waals surface area contributed by atoms with E-state index < -0.39 is 0 Å². The molecule has 0 rings (SSSR count). The first-order valence-corrected chi connectivity index (χ1v) is 6.99. The van der Waals surface area contributed by atoms with E-state index in [0.29, 0.717) is 0 Å². The topological polar surface area (TPSA) is 0 Å². The van der Waals surface area contributed by atoms with E-state index >= 15 is 0 Å². The molecule has 2 atom stereocenters. The summed E-state index contributed by atoms with van der Waals surface area (Å²) in [6.45, 7) is 2.02. The Bertz CT molecular complexity index is 68.8. The summed E-state index contributed by atoms with van der Waals surface area (Å²) in [5.41, 5.74) is 0. The largest absolute Gasteiger partial charge is 0.110 e. The molecule has 0 aliphatic rings. The first-order valence-electron chi connectivity index (χ1n) is 3.16. The molecule has 0 nitrogen and oxygen atoms in total. The lowest BCUT2D eigenvalue weighted by Gasteiger charge is -1.90. The summed E-state index contributed by atoms with van der Waals surface area (Å²) in [7, 11) is 0. The summed E-state index contributed by atoms with van der Waals surface area (Å²) < 4.78 is 0.305. The van der Waals surface area contributed by atoms with Crippen molar-refractivity contribution in [2.45, 2.75) is 28.3 Å². The predicted octanol–water partition coefficient (Wildman–Crippen LogP) is 5.09. The van der Waals surface area contributed by atoms with Crippen molar-refractivity contribution in [1.29, 1.82) is 0 Å². The molecule has 0 heterocycles. The molecule has 0 spiro atoms. The van der Waals surface area contributed by atoms with Gasteiger partial charge in [-0.25, -0.2) is 0 Å². The van der Waals surface area contributed by atoms with E-state index in [-0.39, 0.29) is 8.57 Å². The molecule has 70 valence electrons. The van der Waals surface area contributed by atoms with E-state index in [2.05, 4.69) is 47.8 Å². The summed E-state index contributed by atoms with van der Waals surface area (Å²) in [5, 5.41) is 0.965. The molecule has 0 bridgehead atoms. The van der Waals surface area contributed by atoms with Gasteiger partial charge in [0.2, 0.25) is 0 Å². The van der Waals surface area contributed by atoms with E-state index in [4.69, 9.17) is 23.2 Å². The molecule has 0 saturated heterocycles. The van der Waals surface area contributed by atoms with Gasteiger partial charge in [-0.05, 0) is 12.8 Å². The number of rotatable bonds is 3. The lowest BCUT2D eigenvalue weighted by Crippen LogP contribution is -1.83. The maximum atomic E-state index is 5.46. The molecule has 0 saturated carbocycles. The van der Waals surface area contributed by atoms with Crippen molar-refractivity contribution >= 4 is 71.0 Å². The van der Waals surface area contributed by atoms with Crippen LogP contribution < -0.4 is 0 Å². The van der Waals surface area contributed by atoms with Crippen molar-refractivity contribution in [3.63, 3.8) is 0 Å². The molecule has 5 heteroatoms. The van der Waals surface area contributed by atoms with Gasteiger partial charge in [-0.15, -0.1) is 23.2 Å². The van der Waals surface area contributed by atoms with Crippen molar-refractivity contribution in [2.75, 3.05) is 5.33 Å². The van der Waals surface area contributed by atoms with Crippen molar-refractivity contribution < 1.29 is 0 Å². The highest BCUT2D eigenvalue weighted by atomic mass is 79.9. The monoisotopic (exact) mass is 390 g/mol. The van der Waals surface area contributed by atoms with Crippen molar-refractivity contribution in [3.05, 3.63) is 0 Å². The molecule has 11 heavy (non-hydrogen) atoms. The van der Waals surface area contributed by atoms with Gasteiger partial charge in [0, 0.05) is 5.33 Å². The fraction of sp³-hybridized carbons (Fsp3) is 1.00. The van der Waals surface area contributed by atoms with E-state index in [1.54, 1.807) is 0 Å². The number of halogens is 5. The minimum absolute atomic E-state index is 0.136. The second-order valence-corrected chi connectivity index (χ2v) is 6.78. The highest BCUT2D eigenvalue weighted by Crippen LogP contribution is 2.10. The average molecular weight is 394 g/mol. The maximum Gasteiger partial charge on any atom is 0.0894 e. The average Bonchev–Trinajstić information content (AvgIpc) is 1.89. The van der Waals surface area contributed by atoms with Gasteiger partial charge >= 0.3 is 0 Å². The van der Waals surface area contributed by atoms with E-state index in [9.17, 15) is 0 Å². The number of alkyl halides is 5. The van der Waals surface area contributed by atoms with Crippen molar-refractivity contribution in [2.24, 2.45) is 0 Å². The Kier molecular flexibility index (Phi) is 16.9. The first-order chi connectivity index (χ1) is 5.04. The van der Waals surface area contributed by atoms with Gasteiger partial charge in [0.25, 0.3) is 0 Å². The summed E-state index contributed by atoms with van der Waals surface area (Å²) in [4.78, 5) is 0. The Labute approximate surface area is 104 Å². The molecule has 0 fully saturated rings. The summed E-state index contributed by atoms with van der Waals surface area (Å²) in [6.07, 6.45) is 1.96. The zero-order valence-corrected chi connectivity index (χ0v) is 12.4. The molecule has 0 N–H and O–H groups in total. The van der Waals surface area contributed by atoms with Crippen LogP contribution in [-0.4, -0.2) is 13.9 Å². The lowest BCUT2D eigenvalue weighted by molar-refractivity contribution is 1.06. The van der Waals surface area contributed by atoms with Crippen LogP contribution in [0.5, 0.6) is 0 Å². The van der Waals surface area contributed by atoms with Gasteiger partial charge < -0.3 is 0 Å². The Morgan fingerprint density at radius 1 is 1.18 bits per heavy atom. The molecular formula is C6H11Br3Cl2. The minimum atomic E-state index is 0.136. The number of hydrogen-bond donors (Lipinski definition) is 0. The molecular weight excluding hydrogens is 383 g/mol. The maximum absolute atomic E-state index is 5.46. The third-order valence-electron chi connectivity index (χ3n) is 0.636. The fourth-order valence-corrected chi connectivity index (χ4v) is 1.76. The molecule has 2 unspecified atom stereocenters. The molecule has 0 aromatic rings. The van der Waals surface area contributed by atoms with Crippen LogP contribution in [0.2, 0.25) is 0 Å². The summed E-state index contributed by atoms with van der Waals surface area (Å²) in [5.74, 6) is 0. The molecule has 0 amide bonds. The third-order valence-corrected chi connectivity index (χ3v) is 2.73. The molecule has 0 aromatic heterocycles. The smallest absolute Gasteiger partial charge is 0.0894 e. The highest BCUT2D eigenvalue weighted by molar-refractivity contribution is 9.10. The lowest BCUT2D eigenvalue weighted by atomic mass is 10.6. The Hall–Kier alpha value is 2.02. The molecule has 0 aliphatic carbocycles. The predicted molar refractivity (Wildman–Crippen MR) is 65.8 cm³/mol. The van der Waals surface area contributed by atoms with Gasteiger partial charge in [-0.1, -0.05) is 54.7 Å². The van der Waals surface area contributed by atoms with Crippen molar-refractivity contribution in [1.82, 2.24) is 0 Å². The zero-order valence-electron chi connectivity index (χ0n) is 6.17. The van der Waals surface area contributed by atoms with Crippen molar-refractivity contribution in [3.8, 4) is 0 Å². The van der Waals surface area contributed by atoms with Gasteiger partial charge in [0.05, 0.1) is 8.57 Å². The van der Waals surface area contributed by atoms with Crippen LogP contribution in [-0.2, 0) is 0 Å². The Morgan fingerprint density at radius 3 is 1.55 bits per heavy atom. The Balaban J connectivity index is 0. The van der Waals surface area contributed by atoms with Crippen LogP contribution in [0.25, 0.3) is 0 Å². The normalized spacial score (nSPS) is 14.7. The second kappa shape index (κ2) is 12.0. The fourth-order valence-electron chi connectivity index (χ4n) is 0.0825. The standard InChI is InChI=1S/C3H5Br2Cl.C3H6BrCl/c4-2-1-3(5)6;1-2-3(4)5/h3H,1-2H2;3H,2H2,1H3. The van der Waals surface area contributed by atoms with Gasteiger partial charge in [-0.3, -0.25) is 0 Å². The minimum Gasteiger partial charge on any atom is -0.110 e. The van der Waals surface area contributed by atoms with Crippen LogP contribution in [0.1, 0.15) is 19.8 Å². The molecule has 0 radical (unpaired) electrons. The van der Waals surface area contributed by atoms with E-state index in [0.717, 1.165) is 18.2 Å². The molecule has 0 aliphatic heterocycles. The summed E-state index contributed by atoms with van der Waals surface area (Å²) in [6, 6.07) is 0. The summed E-state index contributed by atoms with van der Waals surface area (Å²) >= 11 is 20.4. The number of hydrogen-bond acceptors (Lipinski definition) is 0.